The summed E-state index contributed by atoms with van der Waals surface area (Å²) in [6, 6.07) is 12.7. The van der Waals surface area contributed by atoms with Crippen molar-refractivity contribution in [2.75, 3.05) is 23.7 Å². The second kappa shape index (κ2) is 12.8. The van der Waals surface area contributed by atoms with Gasteiger partial charge < -0.3 is 15.0 Å². The molecule has 35 heavy (non-hydrogen) atoms. The van der Waals surface area contributed by atoms with E-state index < -0.39 is 28.5 Å². The smallest absolute Gasteiger partial charge is 0.244 e. The number of para-hydroxylation sites is 2. The van der Waals surface area contributed by atoms with Gasteiger partial charge in [-0.3, -0.25) is 13.9 Å². The first-order chi connectivity index (χ1) is 16.5. The topological polar surface area (TPSA) is 96.0 Å². The van der Waals surface area contributed by atoms with E-state index in [0.717, 1.165) is 17.0 Å². The fourth-order valence-electron chi connectivity index (χ4n) is 3.39. The molecule has 0 unspecified atom stereocenters. The highest BCUT2D eigenvalue weighted by Gasteiger charge is 2.31. The average molecular weight is 524 g/mol. The van der Waals surface area contributed by atoms with E-state index in [-0.39, 0.29) is 24.2 Å². The molecule has 0 radical (unpaired) electrons. The molecule has 0 saturated heterocycles. The number of anilines is 1. The molecule has 0 aromatic heterocycles. The maximum atomic E-state index is 13.6. The van der Waals surface area contributed by atoms with Gasteiger partial charge in [-0.1, -0.05) is 48.9 Å². The Morgan fingerprint density at radius 2 is 1.69 bits per heavy atom. The Hall–Kier alpha value is -2.78. The quantitative estimate of drug-likeness (QED) is 0.456. The molecule has 0 spiro atoms. The number of rotatable bonds is 12. The van der Waals surface area contributed by atoms with Crippen LogP contribution >= 0.6 is 11.6 Å². The SMILES string of the molecule is CCOc1ccccc1N(CC(=O)N(Cc1ccccc1Cl)[C@@H](C)C(=O)N[C@H](C)CC)S(C)(=O)=O. The van der Waals surface area contributed by atoms with Crippen LogP contribution in [0.4, 0.5) is 5.69 Å². The Morgan fingerprint density at radius 1 is 1.06 bits per heavy atom. The third kappa shape index (κ3) is 7.86. The van der Waals surface area contributed by atoms with E-state index in [1.807, 2.05) is 13.8 Å². The third-order valence-corrected chi connectivity index (χ3v) is 7.08. The van der Waals surface area contributed by atoms with Crippen molar-refractivity contribution in [3.05, 3.63) is 59.1 Å². The van der Waals surface area contributed by atoms with Crippen LogP contribution in [0.15, 0.2) is 48.5 Å². The first-order valence-electron chi connectivity index (χ1n) is 11.5. The fraction of sp³-hybridized carbons (Fsp3) is 0.440. The summed E-state index contributed by atoms with van der Waals surface area (Å²) in [7, 11) is -3.86. The molecule has 2 rings (SSSR count). The molecule has 2 atom stereocenters. The minimum absolute atomic E-state index is 0.0400. The lowest BCUT2D eigenvalue weighted by Crippen LogP contribution is -2.52. The Balaban J connectivity index is 2.45. The molecule has 0 aliphatic carbocycles. The maximum Gasteiger partial charge on any atom is 0.244 e. The van der Waals surface area contributed by atoms with E-state index in [4.69, 9.17) is 16.3 Å². The van der Waals surface area contributed by atoms with Crippen LogP contribution in [0.5, 0.6) is 5.75 Å². The monoisotopic (exact) mass is 523 g/mol. The van der Waals surface area contributed by atoms with E-state index in [9.17, 15) is 18.0 Å². The van der Waals surface area contributed by atoms with Gasteiger partial charge in [-0.05, 0) is 51.0 Å². The van der Waals surface area contributed by atoms with Crippen LogP contribution in [0.2, 0.25) is 5.02 Å². The highest BCUT2D eigenvalue weighted by atomic mass is 35.5. The van der Waals surface area contributed by atoms with E-state index in [2.05, 4.69) is 5.32 Å². The van der Waals surface area contributed by atoms with Gasteiger partial charge in [0.15, 0.2) is 0 Å². The van der Waals surface area contributed by atoms with Crippen molar-refractivity contribution in [2.24, 2.45) is 0 Å². The Kier molecular flexibility index (Phi) is 10.4. The van der Waals surface area contributed by atoms with Crippen LogP contribution in [-0.4, -0.2) is 56.6 Å². The van der Waals surface area contributed by atoms with Crippen molar-refractivity contribution in [3.8, 4) is 5.75 Å². The first-order valence-corrected chi connectivity index (χ1v) is 13.7. The first kappa shape index (κ1) is 28.5. The van der Waals surface area contributed by atoms with Gasteiger partial charge in [0, 0.05) is 17.6 Å². The number of benzene rings is 2. The highest BCUT2D eigenvalue weighted by molar-refractivity contribution is 7.92. The van der Waals surface area contributed by atoms with Gasteiger partial charge in [0.2, 0.25) is 21.8 Å². The molecule has 0 bridgehead atoms. The summed E-state index contributed by atoms with van der Waals surface area (Å²) in [5.74, 6) is -0.540. The zero-order valence-electron chi connectivity index (χ0n) is 20.8. The molecule has 0 fully saturated rings. The van der Waals surface area contributed by atoms with Crippen molar-refractivity contribution in [1.82, 2.24) is 10.2 Å². The Bertz CT molecular complexity index is 1130. The lowest BCUT2D eigenvalue weighted by atomic mass is 10.1. The molecule has 2 aromatic rings. The number of halogens is 1. The zero-order chi connectivity index (χ0) is 26.2. The van der Waals surface area contributed by atoms with Crippen molar-refractivity contribution < 1.29 is 22.7 Å². The lowest BCUT2D eigenvalue weighted by Gasteiger charge is -2.32. The molecule has 0 saturated carbocycles. The molecule has 0 aliphatic heterocycles. The van der Waals surface area contributed by atoms with Crippen molar-refractivity contribution in [3.63, 3.8) is 0 Å². The number of hydrogen-bond acceptors (Lipinski definition) is 5. The molecule has 8 nitrogen and oxygen atoms in total. The standard InChI is InChI=1S/C25H34ClN3O5S/c1-6-18(3)27-25(31)19(4)28(16-20-12-8-9-13-21(20)26)24(30)17-29(35(5,32)33)22-14-10-11-15-23(22)34-7-2/h8-15,18-19H,6-7,16-17H2,1-5H3,(H,27,31)/t18-,19+/m1/s1. The molecule has 1 N–H and O–H groups in total. The van der Waals surface area contributed by atoms with Gasteiger partial charge >= 0.3 is 0 Å². The molecule has 0 aliphatic rings. The number of ether oxygens (including phenoxy) is 1. The molecule has 2 aromatic carbocycles. The normalized spacial score (nSPS) is 13.0. The molecule has 192 valence electrons. The second-order valence-corrected chi connectivity index (χ2v) is 10.6. The number of nitrogens with one attached hydrogen (secondary N) is 1. The van der Waals surface area contributed by atoms with Crippen molar-refractivity contribution in [2.45, 2.75) is 52.7 Å². The number of amides is 2. The lowest BCUT2D eigenvalue weighted by molar-refractivity contribution is -0.139. The van der Waals surface area contributed by atoms with Crippen LogP contribution < -0.4 is 14.4 Å². The molecular formula is C25H34ClN3O5S. The summed E-state index contributed by atoms with van der Waals surface area (Å²) >= 11 is 6.33. The van der Waals surface area contributed by atoms with Crippen LogP contribution in [0.1, 0.15) is 39.7 Å². The van der Waals surface area contributed by atoms with Gasteiger partial charge in [0.05, 0.1) is 18.6 Å². The molecule has 10 heteroatoms. The third-order valence-electron chi connectivity index (χ3n) is 5.58. The minimum Gasteiger partial charge on any atom is -0.492 e. The van der Waals surface area contributed by atoms with Gasteiger partial charge in [0.1, 0.15) is 18.3 Å². The minimum atomic E-state index is -3.86. The number of nitrogens with zero attached hydrogens (tertiary/aromatic N) is 2. The summed E-state index contributed by atoms with van der Waals surface area (Å²) < 4.78 is 32.1. The number of carbonyl (C=O) groups is 2. The largest absolute Gasteiger partial charge is 0.492 e. The van der Waals surface area contributed by atoms with Gasteiger partial charge in [-0.15, -0.1) is 0 Å². The summed E-state index contributed by atoms with van der Waals surface area (Å²) in [6.07, 6.45) is 1.76. The van der Waals surface area contributed by atoms with E-state index in [1.54, 1.807) is 62.4 Å². The van der Waals surface area contributed by atoms with Gasteiger partial charge in [0.25, 0.3) is 0 Å². The summed E-state index contributed by atoms with van der Waals surface area (Å²) in [6.45, 7) is 7.09. The molecule has 0 heterocycles. The second-order valence-electron chi connectivity index (χ2n) is 8.28. The molecule has 2 amide bonds. The van der Waals surface area contributed by atoms with Crippen LogP contribution in [0, 0.1) is 0 Å². The van der Waals surface area contributed by atoms with E-state index in [1.165, 1.54) is 4.90 Å². The maximum absolute atomic E-state index is 13.6. The highest BCUT2D eigenvalue weighted by Crippen LogP contribution is 2.30. The fourth-order valence-corrected chi connectivity index (χ4v) is 4.44. The predicted molar refractivity (Wildman–Crippen MR) is 139 cm³/mol. The van der Waals surface area contributed by atoms with Crippen molar-refractivity contribution >= 4 is 39.1 Å². The van der Waals surface area contributed by atoms with Crippen LogP contribution in [0.3, 0.4) is 0 Å². The number of carbonyl (C=O) groups excluding carboxylic acids is 2. The summed E-state index contributed by atoms with van der Waals surface area (Å²) in [5.41, 5.74) is 0.894. The van der Waals surface area contributed by atoms with E-state index >= 15 is 0 Å². The van der Waals surface area contributed by atoms with Crippen molar-refractivity contribution in [1.29, 1.82) is 0 Å². The summed E-state index contributed by atoms with van der Waals surface area (Å²) in [4.78, 5) is 27.9. The van der Waals surface area contributed by atoms with Crippen LogP contribution in [-0.2, 0) is 26.2 Å². The summed E-state index contributed by atoms with van der Waals surface area (Å²) in [5, 5.41) is 3.33. The number of sulfonamides is 1. The Labute approximate surface area is 213 Å². The van der Waals surface area contributed by atoms with Gasteiger partial charge in [-0.2, -0.15) is 0 Å². The van der Waals surface area contributed by atoms with Crippen LogP contribution in [0.25, 0.3) is 0 Å². The number of hydrogen-bond donors (Lipinski definition) is 1. The predicted octanol–water partition coefficient (Wildman–Crippen LogP) is 3.84. The van der Waals surface area contributed by atoms with Gasteiger partial charge in [-0.25, -0.2) is 8.42 Å². The van der Waals surface area contributed by atoms with E-state index in [0.29, 0.717) is 22.9 Å². The Morgan fingerprint density at radius 3 is 2.29 bits per heavy atom. The zero-order valence-corrected chi connectivity index (χ0v) is 22.4. The average Bonchev–Trinajstić information content (AvgIpc) is 2.81. The molecular weight excluding hydrogens is 490 g/mol.